The number of hydrogen-bond donors (Lipinski definition) is 2. The minimum Gasteiger partial charge on any atom is -0.480 e. The third kappa shape index (κ3) is 3.70. The molecule has 2 aliphatic heterocycles. The van der Waals surface area contributed by atoms with E-state index in [9.17, 15) is 9.90 Å². The molecule has 1 aromatic carbocycles. The monoisotopic (exact) mass is 436 g/mol. The van der Waals surface area contributed by atoms with Crippen molar-refractivity contribution in [1.82, 2.24) is 14.5 Å². The van der Waals surface area contributed by atoms with E-state index in [0.29, 0.717) is 18.1 Å². The van der Waals surface area contributed by atoms with Gasteiger partial charge in [0.05, 0.1) is 11.0 Å². The van der Waals surface area contributed by atoms with Crippen LogP contribution in [0.2, 0.25) is 0 Å². The van der Waals surface area contributed by atoms with E-state index in [1.54, 1.807) is 0 Å². The summed E-state index contributed by atoms with van der Waals surface area (Å²) < 4.78 is 2.33. The fraction of sp³-hybridized carbons (Fsp3) is 0.692. The van der Waals surface area contributed by atoms with Crippen molar-refractivity contribution in [3.05, 3.63) is 24.3 Å². The van der Waals surface area contributed by atoms with Crippen LogP contribution in [0.25, 0.3) is 11.0 Å². The van der Waals surface area contributed by atoms with Gasteiger partial charge < -0.3 is 15.0 Å². The average Bonchev–Trinajstić information content (AvgIpc) is 3.15. The molecule has 32 heavy (non-hydrogen) atoms. The molecule has 0 radical (unpaired) electrons. The molecule has 1 unspecified atom stereocenters. The first-order valence-corrected chi connectivity index (χ1v) is 12.9. The van der Waals surface area contributed by atoms with Gasteiger partial charge in [-0.25, -0.2) is 4.98 Å². The van der Waals surface area contributed by atoms with Gasteiger partial charge in [-0.05, 0) is 68.9 Å². The molecule has 4 bridgehead atoms. The largest absolute Gasteiger partial charge is 0.480 e. The fourth-order valence-corrected chi connectivity index (χ4v) is 7.83. The highest BCUT2D eigenvalue weighted by molar-refractivity contribution is 5.80. The number of carbonyl (C=O) groups is 1. The molecule has 3 heterocycles. The smallest absolute Gasteiger partial charge is 0.322 e. The zero-order valence-corrected chi connectivity index (χ0v) is 19.0. The van der Waals surface area contributed by atoms with Crippen molar-refractivity contribution in [3.8, 4) is 0 Å². The molecule has 6 nitrogen and oxygen atoms in total. The maximum Gasteiger partial charge on any atom is 0.322 e. The number of aromatic nitrogens is 2. The van der Waals surface area contributed by atoms with Gasteiger partial charge in [0.2, 0.25) is 5.95 Å². The summed E-state index contributed by atoms with van der Waals surface area (Å²) in [5.74, 6) is 1.81. The van der Waals surface area contributed by atoms with Gasteiger partial charge in [0.15, 0.2) is 0 Å². The van der Waals surface area contributed by atoms with Crippen LogP contribution in [0.4, 0.5) is 5.95 Å². The quantitative estimate of drug-likeness (QED) is 0.686. The van der Waals surface area contributed by atoms with E-state index in [4.69, 9.17) is 4.98 Å². The fourth-order valence-electron chi connectivity index (χ4n) is 7.83. The number of nitrogens with zero attached hydrogens (tertiary/aromatic N) is 3. The highest BCUT2D eigenvalue weighted by atomic mass is 16.4. The molecular weight excluding hydrogens is 400 g/mol. The van der Waals surface area contributed by atoms with Crippen LogP contribution in [0.5, 0.6) is 0 Å². The van der Waals surface area contributed by atoms with E-state index >= 15 is 0 Å². The first-order valence-electron chi connectivity index (χ1n) is 12.9. The lowest BCUT2D eigenvalue weighted by molar-refractivity contribution is -0.134. The maximum atomic E-state index is 11.2. The Labute approximate surface area is 190 Å². The van der Waals surface area contributed by atoms with Crippen LogP contribution in [0, 0.1) is 11.8 Å². The molecule has 6 rings (SSSR count). The average molecular weight is 437 g/mol. The first kappa shape index (κ1) is 20.5. The summed E-state index contributed by atoms with van der Waals surface area (Å²) in [6.45, 7) is -0.0973. The van der Waals surface area contributed by atoms with E-state index in [2.05, 4.69) is 26.9 Å². The number of anilines is 1. The van der Waals surface area contributed by atoms with E-state index in [-0.39, 0.29) is 6.54 Å². The van der Waals surface area contributed by atoms with Crippen molar-refractivity contribution in [1.29, 1.82) is 0 Å². The van der Waals surface area contributed by atoms with E-state index in [0.717, 1.165) is 47.7 Å². The molecule has 0 spiro atoms. The number of carboxylic acid groups (broad SMARTS) is 1. The number of aliphatic carboxylic acids is 1. The van der Waals surface area contributed by atoms with Gasteiger partial charge in [-0.1, -0.05) is 37.8 Å². The molecule has 6 heteroatoms. The lowest BCUT2D eigenvalue weighted by Crippen LogP contribution is -2.58. The van der Waals surface area contributed by atoms with Crippen LogP contribution < -0.4 is 5.32 Å². The maximum absolute atomic E-state index is 11.2. The van der Waals surface area contributed by atoms with Crippen LogP contribution >= 0.6 is 0 Å². The molecule has 1 aromatic heterocycles. The van der Waals surface area contributed by atoms with Crippen molar-refractivity contribution in [2.24, 2.45) is 11.8 Å². The number of imidazole rings is 1. The number of hydrogen-bond acceptors (Lipinski definition) is 4. The van der Waals surface area contributed by atoms with Crippen molar-refractivity contribution in [2.75, 3.05) is 11.9 Å². The van der Waals surface area contributed by atoms with Gasteiger partial charge >= 0.3 is 5.97 Å². The standard InChI is InChI=1S/C26H36N4O2/c31-25(32)16-27-26-28-23-9-1-2-10-24(23)30(26)22-14-19-7-4-8-20(15-22)29(19)21-12-17-5-3-6-18(11-17)13-21/h1-2,9-10,17-22H,3-8,11-16H2,(H,27,28)(H,31,32)/t17-,18+,19-,20+,21+,22?. The van der Waals surface area contributed by atoms with Crippen molar-refractivity contribution < 1.29 is 9.90 Å². The minimum atomic E-state index is -0.849. The van der Waals surface area contributed by atoms with Gasteiger partial charge in [0, 0.05) is 24.2 Å². The summed E-state index contributed by atoms with van der Waals surface area (Å²) in [4.78, 5) is 19.0. The lowest BCUT2D eigenvalue weighted by atomic mass is 9.68. The van der Waals surface area contributed by atoms with E-state index in [1.807, 2.05) is 12.1 Å². The predicted octanol–water partition coefficient (Wildman–Crippen LogP) is 5.06. The summed E-state index contributed by atoms with van der Waals surface area (Å²) in [6.07, 6.45) is 15.0. The van der Waals surface area contributed by atoms with Gasteiger partial charge in [0.25, 0.3) is 0 Å². The Hall–Kier alpha value is -2.08. The Morgan fingerprint density at radius 2 is 1.59 bits per heavy atom. The second-order valence-electron chi connectivity index (χ2n) is 10.9. The third-order valence-electron chi connectivity index (χ3n) is 8.89. The van der Waals surface area contributed by atoms with Crippen LogP contribution in [-0.2, 0) is 4.79 Å². The van der Waals surface area contributed by atoms with Crippen LogP contribution in [0.15, 0.2) is 24.3 Å². The van der Waals surface area contributed by atoms with Crippen LogP contribution in [-0.4, -0.2) is 50.2 Å². The molecule has 2 aliphatic carbocycles. The predicted molar refractivity (Wildman–Crippen MR) is 126 cm³/mol. The molecule has 6 atom stereocenters. The van der Waals surface area contributed by atoms with E-state index < -0.39 is 5.97 Å². The normalized spacial score (nSPS) is 35.0. The lowest BCUT2D eigenvalue weighted by Gasteiger charge is -2.55. The minimum absolute atomic E-state index is 0.0973. The summed E-state index contributed by atoms with van der Waals surface area (Å²) in [6, 6.07) is 10.7. The Morgan fingerprint density at radius 1 is 0.906 bits per heavy atom. The first-order chi connectivity index (χ1) is 15.7. The topological polar surface area (TPSA) is 70.4 Å². The number of rotatable bonds is 5. The van der Waals surface area contributed by atoms with Crippen molar-refractivity contribution >= 4 is 23.0 Å². The highest BCUT2D eigenvalue weighted by Crippen LogP contribution is 2.48. The number of piperidine rings is 2. The molecular formula is C26H36N4O2. The molecule has 2 N–H and O–H groups in total. The van der Waals surface area contributed by atoms with Crippen molar-refractivity contribution in [3.63, 3.8) is 0 Å². The second-order valence-corrected chi connectivity index (χ2v) is 10.9. The molecule has 2 aromatic rings. The summed E-state index contributed by atoms with van der Waals surface area (Å²) in [5, 5.41) is 12.3. The van der Waals surface area contributed by atoms with Gasteiger partial charge in [0.1, 0.15) is 6.54 Å². The zero-order valence-electron chi connectivity index (χ0n) is 19.0. The SMILES string of the molecule is O=C(O)CNc1nc2ccccc2n1C1C[C@H]2CCC[C@@H](C1)N2[C@H]1C[C@@H]2CCC[C@@H](C2)C1. The Morgan fingerprint density at radius 3 is 2.31 bits per heavy atom. The Kier molecular flexibility index (Phi) is 5.36. The van der Waals surface area contributed by atoms with Gasteiger partial charge in [-0.15, -0.1) is 0 Å². The number of nitrogens with one attached hydrogen (secondary N) is 1. The Balaban J connectivity index is 1.28. The van der Waals surface area contributed by atoms with Gasteiger partial charge in [-0.2, -0.15) is 0 Å². The molecule has 172 valence electrons. The van der Waals surface area contributed by atoms with Crippen LogP contribution in [0.3, 0.4) is 0 Å². The van der Waals surface area contributed by atoms with Crippen LogP contribution in [0.1, 0.15) is 76.7 Å². The highest BCUT2D eigenvalue weighted by Gasteiger charge is 2.45. The summed E-state index contributed by atoms with van der Waals surface area (Å²) in [5.41, 5.74) is 2.08. The van der Waals surface area contributed by atoms with E-state index in [1.165, 1.54) is 57.8 Å². The van der Waals surface area contributed by atoms with Crippen molar-refractivity contribution in [2.45, 2.75) is 94.8 Å². The second kappa shape index (κ2) is 8.36. The molecule has 2 saturated heterocycles. The number of para-hydroxylation sites is 2. The number of fused-ring (bicyclic) bond motifs is 5. The number of benzene rings is 1. The van der Waals surface area contributed by atoms with Gasteiger partial charge in [-0.3, -0.25) is 9.69 Å². The molecule has 0 amide bonds. The molecule has 2 saturated carbocycles. The number of carboxylic acids is 1. The molecule has 4 fully saturated rings. The third-order valence-corrected chi connectivity index (χ3v) is 8.89. The Bertz CT molecular complexity index is 961. The molecule has 4 aliphatic rings. The summed E-state index contributed by atoms with van der Waals surface area (Å²) >= 11 is 0. The summed E-state index contributed by atoms with van der Waals surface area (Å²) in [7, 11) is 0. The zero-order chi connectivity index (χ0) is 21.7.